The Kier molecular flexibility index (Phi) is 4.19. The molecule has 0 saturated carbocycles. The molecule has 32 heavy (non-hydrogen) atoms. The standard InChI is InChI=1S/C30H20O2/c31-29-28-25-19-11-10-18-24(25)26(21-12-4-1-5-13-21)20-27(28)30(32-29,22-14-6-2-7-15-22)23-16-8-3-9-17-23/h1-20H. The molecule has 152 valence electrons. The van der Waals surface area contributed by atoms with Crippen molar-refractivity contribution in [3.63, 3.8) is 0 Å². The van der Waals surface area contributed by atoms with Gasteiger partial charge in [-0.15, -0.1) is 0 Å². The second-order valence-electron chi connectivity index (χ2n) is 8.06. The summed E-state index contributed by atoms with van der Waals surface area (Å²) in [7, 11) is 0. The molecule has 0 radical (unpaired) electrons. The maximum absolute atomic E-state index is 13.5. The Balaban J connectivity index is 1.77. The zero-order valence-electron chi connectivity index (χ0n) is 17.4. The number of hydrogen-bond acceptors (Lipinski definition) is 2. The zero-order chi connectivity index (χ0) is 21.5. The van der Waals surface area contributed by atoms with E-state index < -0.39 is 5.60 Å². The molecule has 1 aliphatic heterocycles. The highest BCUT2D eigenvalue weighted by molar-refractivity contribution is 6.13. The molecule has 5 aromatic carbocycles. The minimum absolute atomic E-state index is 0.288. The number of ether oxygens (including phenoxy) is 1. The van der Waals surface area contributed by atoms with E-state index in [1.165, 1.54) is 0 Å². The highest BCUT2D eigenvalue weighted by Crippen LogP contribution is 2.50. The average molecular weight is 412 g/mol. The number of rotatable bonds is 3. The average Bonchev–Trinajstić information content (AvgIpc) is 3.18. The molecule has 0 spiro atoms. The Bertz CT molecular complexity index is 1400. The van der Waals surface area contributed by atoms with Gasteiger partial charge < -0.3 is 4.74 Å². The minimum Gasteiger partial charge on any atom is -0.441 e. The lowest BCUT2D eigenvalue weighted by molar-refractivity contribution is 0.0252. The van der Waals surface area contributed by atoms with Crippen molar-refractivity contribution in [2.75, 3.05) is 0 Å². The second-order valence-corrected chi connectivity index (χ2v) is 8.06. The van der Waals surface area contributed by atoms with Gasteiger partial charge in [0.25, 0.3) is 0 Å². The molecule has 6 rings (SSSR count). The maximum Gasteiger partial charge on any atom is 0.340 e. The number of carbonyl (C=O) groups is 1. The Labute approximate surface area is 186 Å². The van der Waals surface area contributed by atoms with Crippen LogP contribution >= 0.6 is 0 Å². The highest BCUT2D eigenvalue weighted by Gasteiger charge is 2.49. The van der Waals surface area contributed by atoms with Crippen LogP contribution in [0.5, 0.6) is 0 Å². The van der Waals surface area contributed by atoms with Gasteiger partial charge >= 0.3 is 5.97 Å². The fourth-order valence-corrected chi connectivity index (χ4v) is 4.92. The van der Waals surface area contributed by atoms with E-state index >= 15 is 0 Å². The van der Waals surface area contributed by atoms with Gasteiger partial charge in [0.05, 0.1) is 5.56 Å². The van der Waals surface area contributed by atoms with E-state index in [0.29, 0.717) is 5.56 Å². The van der Waals surface area contributed by atoms with Gasteiger partial charge in [-0.1, -0.05) is 115 Å². The largest absolute Gasteiger partial charge is 0.441 e. The van der Waals surface area contributed by atoms with E-state index in [9.17, 15) is 4.79 Å². The summed E-state index contributed by atoms with van der Waals surface area (Å²) in [5.74, 6) is -0.288. The van der Waals surface area contributed by atoms with E-state index in [4.69, 9.17) is 4.74 Å². The quantitative estimate of drug-likeness (QED) is 0.299. The summed E-state index contributed by atoms with van der Waals surface area (Å²) < 4.78 is 6.35. The van der Waals surface area contributed by atoms with Gasteiger partial charge in [0.2, 0.25) is 0 Å². The molecule has 1 heterocycles. The normalized spacial score (nSPS) is 14.2. The predicted octanol–water partition coefficient (Wildman–Crippen LogP) is 6.97. The Hall–Kier alpha value is -4.17. The molecule has 0 aliphatic carbocycles. The summed E-state index contributed by atoms with van der Waals surface area (Å²) in [6, 6.07) is 40.6. The fourth-order valence-electron chi connectivity index (χ4n) is 4.92. The van der Waals surface area contributed by atoms with Crippen LogP contribution in [0, 0.1) is 0 Å². The van der Waals surface area contributed by atoms with Gasteiger partial charge in [0.15, 0.2) is 5.60 Å². The fraction of sp³-hybridized carbons (Fsp3) is 0.0333. The minimum atomic E-state index is -0.998. The third-order valence-corrected chi connectivity index (χ3v) is 6.32. The van der Waals surface area contributed by atoms with Crippen molar-refractivity contribution in [1.82, 2.24) is 0 Å². The lowest BCUT2D eigenvalue weighted by atomic mass is 9.77. The molecule has 0 unspecified atom stereocenters. The van der Waals surface area contributed by atoms with Crippen molar-refractivity contribution in [2.24, 2.45) is 0 Å². The topological polar surface area (TPSA) is 26.3 Å². The summed E-state index contributed by atoms with van der Waals surface area (Å²) in [6.07, 6.45) is 0. The van der Waals surface area contributed by atoms with E-state index in [2.05, 4.69) is 24.3 Å². The smallest absolute Gasteiger partial charge is 0.340 e. The van der Waals surface area contributed by atoms with Crippen molar-refractivity contribution in [3.05, 3.63) is 144 Å². The first-order valence-electron chi connectivity index (χ1n) is 10.7. The molecule has 0 aromatic heterocycles. The molecule has 0 fully saturated rings. The lowest BCUT2D eigenvalue weighted by Gasteiger charge is -2.30. The summed E-state index contributed by atoms with van der Waals surface area (Å²) in [6.45, 7) is 0. The first kappa shape index (κ1) is 18.6. The molecule has 0 N–H and O–H groups in total. The van der Waals surface area contributed by atoms with Crippen molar-refractivity contribution < 1.29 is 9.53 Å². The Morgan fingerprint density at radius 2 is 1.06 bits per heavy atom. The summed E-state index contributed by atoms with van der Waals surface area (Å²) >= 11 is 0. The first-order chi connectivity index (χ1) is 15.8. The van der Waals surface area contributed by atoms with Crippen LogP contribution in [0.25, 0.3) is 21.9 Å². The van der Waals surface area contributed by atoms with Gasteiger partial charge in [-0.25, -0.2) is 4.79 Å². The second kappa shape index (κ2) is 7.21. The van der Waals surface area contributed by atoms with Crippen LogP contribution in [0.3, 0.4) is 0 Å². The van der Waals surface area contributed by atoms with Crippen LogP contribution in [-0.2, 0) is 10.3 Å². The molecule has 0 bridgehead atoms. The van der Waals surface area contributed by atoms with Crippen molar-refractivity contribution in [3.8, 4) is 11.1 Å². The number of cyclic esters (lactones) is 1. The first-order valence-corrected chi connectivity index (χ1v) is 10.7. The van der Waals surface area contributed by atoms with Gasteiger partial charge in [-0.2, -0.15) is 0 Å². The van der Waals surface area contributed by atoms with Crippen LogP contribution in [0.2, 0.25) is 0 Å². The predicted molar refractivity (Wildman–Crippen MR) is 128 cm³/mol. The monoisotopic (exact) mass is 412 g/mol. The SMILES string of the molecule is O=C1OC(c2ccccc2)(c2ccccc2)c2cc(-c3ccccc3)c3ccccc3c21. The van der Waals surface area contributed by atoms with Gasteiger partial charge in [0, 0.05) is 16.7 Å². The third kappa shape index (κ3) is 2.63. The number of esters is 1. The van der Waals surface area contributed by atoms with Crippen molar-refractivity contribution in [1.29, 1.82) is 0 Å². The number of fused-ring (bicyclic) bond motifs is 3. The van der Waals surface area contributed by atoms with E-state index in [1.807, 2.05) is 97.1 Å². The Morgan fingerprint density at radius 1 is 0.562 bits per heavy atom. The van der Waals surface area contributed by atoms with Crippen LogP contribution in [0.1, 0.15) is 27.0 Å². The molecule has 1 aliphatic rings. The summed E-state index contributed by atoms with van der Waals surface area (Å²) in [5, 5.41) is 1.97. The molecule has 2 heteroatoms. The zero-order valence-corrected chi connectivity index (χ0v) is 17.4. The van der Waals surface area contributed by atoms with Gasteiger partial charge in [-0.3, -0.25) is 0 Å². The molecule has 0 saturated heterocycles. The summed E-state index contributed by atoms with van der Waals surface area (Å²) in [5.41, 5.74) is 4.61. The highest BCUT2D eigenvalue weighted by atomic mass is 16.6. The van der Waals surface area contributed by atoms with Crippen molar-refractivity contribution >= 4 is 16.7 Å². The van der Waals surface area contributed by atoms with E-state index in [1.54, 1.807) is 0 Å². The molecule has 5 aromatic rings. The van der Waals surface area contributed by atoms with Crippen molar-refractivity contribution in [2.45, 2.75) is 5.60 Å². The van der Waals surface area contributed by atoms with Gasteiger partial charge in [0.1, 0.15) is 0 Å². The maximum atomic E-state index is 13.5. The molecular formula is C30H20O2. The Morgan fingerprint density at radius 3 is 1.66 bits per heavy atom. The van der Waals surface area contributed by atoms with Crippen LogP contribution in [0.4, 0.5) is 0 Å². The van der Waals surface area contributed by atoms with Crippen LogP contribution in [-0.4, -0.2) is 5.97 Å². The lowest BCUT2D eigenvalue weighted by Crippen LogP contribution is -2.29. The molecular weight excluding hydrogens is 392 g/mol. The van der Waals surface area contributed by atoms with Crippen LogP contribution in [0.15, 0.2) is 121 Å². The van der Waals surface area contributed by atoms with E-state index in [-0.39, 0.29) is 5.97 Å². The summed E-state index contributed by atoms with van der Waals surface area (Å²) in [4.78, 5) is 13.5. The molecule has 0 amide bonds. The number of benzene rings is 5. The molecule has 0 atom stereocenters. The van der Waals surface area contributed by atoms with Crippen LogP contribution < -0.4 is 0 Å². The van der Waals surface area contributed by atoms with Gasteiger partial charge in [-0.05, 0) is 28.0 Å². The number of carbonyl (C=O) groups excluding carboxylic acids is 1. The van der Waals surface area contributed by atoms with E-state index in [0.717, 1.165) is 38.6 Å². The number of hydrogen-bond donors (Lipinski definition) is 0. The molecule has 2 nitrogen and oxygen atoms in total. The third-order valence-electron chi connectivity index (χ3n) is 6.32.